The molecule has 0 bridgehead atoms. The first-order valence-electron chi connectivity index (χ1n) is 5.70. The lowest BCUT2D eigenvalue weighted by Gasteiger charge is -2.12. The first-order chi connectivity index (χ1) is 9.49. The van der Waals surface area contributed by atoms with Crippen LogP contribution in [0.3, 0.4) is 0 Å². The summed E-state index contributed by atoms with van der Waals surface area (Å²) in [5.41, 5.74) is 0.881. The number of carbonyl (C=O) groups excluding carboxylic acids is 1. The van der Waals surface area contributed by atoms with Crippen LogP contribution in [-0.2, 0) is 9.59 Å². The normalized spacial score (nSPS) is 17.1. The van der Waals surface area contributed by atoms with Gasteiger partial charge in [0.15, 0.2) is 0 Å². The first-order valence-corrected chi connectivity index (χ1v) is 7.72. The fourth-order valence-electron chi connectivity index (χ4n) is 1.63. The van der Waals surface area contributed by atoms with E-state index in [-0.39, 0.29) is 18.9 Å². The van der Waals surface area contributed by atoms with E-state index in [2.05, 4.69) is 15.9 Å². The van der Waals surface area contributed by atoms with Crippen molar-refractivity contribution in [2.45, 2.75) is 6.42 Å². The van der Waals surface area contributed by atoms with Gasteiger partial charge in [0.1, 0.15) is 4.32 Å². The predicted molar refractivity (Wildman–Crippen MR) is 86.3 cm³/mol. The van der Waals surface area contributed by atoms with Crippen LogP contribution in [0.2, 0.25) is 0 Å². The average molecular weight is 372 g/mol. The molecule has 2 rings (SSSR count). The van der Waals surface area contributed by atoms with Gasteiger partial charge in [-0.25, -0.2) is 0 Å². The van der Waals surface area contributed by atoms with Crippen molar-refractivity contribution in [3.8, 4) is 0 Å². The van der Waals surface area contributed by atoms with Crippen molar-refractivity contribution >= 4 is 62.2 Å². The lowest BCUT2D eigenvalue weighted by atomic mass is 10.2. The number of halogens is 1. The van der Waals surface area contributed by atoms with Crippen LogP contribution in [0.25, 0.3) is 6.08 Å². The van der Waals surface area contributed by atoms with E-state index in [9.17, 15) is 9.59 Å². The van der Waals surface area contributed by atoms with Gasteiger partial charge in [0.05, 0.1) is 11.3 Å². The molecule has 0 saturated carbocycles. The first kappa shape index (κ1) is 15.2. The standard InChI is InChI=1S/C13H10BrNO3S2/c14-9-4-2-1-3-8(9)7-10-12(18)15(13(19)20-10)6-5-11(16)17/h1-4,7H,5-6H2,(H,16,17)/b10-7+. The van der Waals surface area contributed by atoms with Gasteiger partial charge in [-0.05, 0) is 17.7 Å². The minimum Gasteiger partial charge on any atom is -0.481 e. The van der Waals surface area contributed by atoms with E-state index in [0.717, 1.165) is 10.0 Å². The maximum Gasteiger partial charge on any atom is 0.305 e. The molecule has 4 nitrogen and oxygen atoms in total. The van der Waals surface area contributed by atoms with E-state index in [1.165, 1.54) is 16.7 Å². The Kier molecular flexibility index (Phi) is 4.95. The lowest BCUT2D eigenvalue weighted by molar-refractivity contribution is -0.137. The molecule has 1 aromatic rings. The minimum absolute atomic E-state index is 0.104. The quantitative estimate of drug-likeness (QED) is 0.650. The maximum absolute atomic E-state index is 12.2. The van der Waals surface area contributed by atoms with Gasteiger partial charge in [0.2, 0.25) is 0 Å². The van der Waals surface area contributed by atoms with Gasteiger partial charge >= 0.3 is 5.97 Å². The zero-order valence-electron chi connectivity index (χ0n) is 10.2. The van der Waals surface area contributed by atoms with Gasteiger partial charge in [-0.1, -0.05) is 58.1 Å². The van der Waals surface area contributed by atoms with Gasteiger partial charge in [-0.3, -0.25) is 14.5 Å². The fourth-order valence-corrected chi connectivity index (χ4v) is 3.33. The predicted octanol–water partition coefficient (Wildman–Crippen LogP) is 3.13. The summed E-state index contributed by atoms with van der Waals surface area (Å²) in [6.07, 6.45) is 1.64. The van der Waals surface area contributed by atoms with Crippen molar-refractivity contribution in [2.24, 2.45) is 0 Å². The molecule has 1 aliphatic rings. The van der Waals surface area contributed by atoms with Gasteiger partial charge in [-0.15, -0.1) is 0 Å². The van der Waals surface area contributed by atoms with E-state index in [0.29, 0.717) is 9.23 Å². The number of amides is 1. The van der Waals surface area contributed by atoms with Crippen LogP contribution in [0.4, 0.5) is 0 Å². The summed E-state index contributed by atoms with van der Waals surface area (Å²) >= 11 is 9.72. The van der Waals surface area contributed by atoms with Crippen LogP contribution >= 0.6 is 39.9 Å². The maximum atomic E-state index is 12.2. The molecule has 0 unspecified atom stereocenters. The Hall–Kier alpha value is -1.18. The van der Waals surface area contributed by atoms with E-state index in [1.54, 1.807) is 6.08 Å². The Morgan fingerprint density at radius 3 is 2.80 bits per heavy atom. The highest BCUT2D eigenvalue weighted by Gasteiger charge is 2.32. The molecule has 0 aromatic heterocycles. The molecule has 1 N–H and O–H groups in total. The van der Waals surface area contributed by atoms with E-state index >= 15 is 0 Å². The number of aliphatic carboxylic acids is 1. The Bertz CT molecular complexity index is 615. The number of thioether (sulfide) groups is 1. The van der Waals surface area contributed by atoms with Gasteiger partial charge in [0, 0.05) is 11.0 Å². The molecule has 1 saturated heterocycles. The van der Waals surface area contributed by atoms with Gasteiger partial charge in [-0.2, -0.15) is 0 Å². The largest absolute Gasteiger partial charge is 0.481 e. The number of carboxylic acids is 1. The van der Waals surface area contributed by atoms with Crippen LogP contribution in [0.1, 0.15) is 12.0 Å². The number of hydrogen-bond acceptors (Lipinski definition) is 4. The summed E-state index contributed by atoms with van der Waals surface area (Å²) in [5.74, 6) is -1.19. The molecule has 1 amide bonds. The molecular formula is C13H10BrNO3S2. The topological polar surface area (TPSA) is 57.6 Å². The molecule has 7 heteroatoms. The van der Waals surface area contributed by atoms with Crippen molar-refractivity contribution in [1.82, 2.24) is 4.90 Å². The molecule has 0 aliphatic carbocycles. The second-order valence-electron chi connectivity index (χ2n) is 4.00. The van der Waals surface area contributed by atoms with Crippen LogP contribution < -0.4 is 0 Å². The summed E-state index contributed by atoms with van der Waals surface area (Å²) in [5, 5.41) is 8.67. The highest BCUT2D eigenvalue weighted by atomic mass is 79.9. The number of nitrogens with zero attached hydrogens (tertiary/aromatic N) is 1. The highest BCUT2D eigenvalue weighted by molar-refractivity contribution is 9.10. The van der Waals surface area contributed by atoms with E-state index < -0.39 is 5.97 Å². The molecule has 104 valence electrons. The third-order valence-corrected chi connectivity index (χ3v) is 4.71. The monoisotopic (exact) mass is 371 g/mol. The summed E-state index contributed by atoms with van der Waals surface area (Å²) < 4.78 is 1.28. The van der Waals surface area contributed by atoms with Crippen molar-refractivity contribution in [2.75, 3.05) is 6.54 Å². The van der Waals surface area contributed by atoms with Crippen LogP contribution in [0.15, 0.2) is 33.6 Å². The summed E-state index contributed by atoms with van der Waals surface area (Å²) in [4.78, 5) is 24.6. The Balaban J connectivity index is 2.19. The van der Waals surface area contributed by atoms with Crippen molar-refractivity contribution in [3.63, 3.8) is 0 Å². The number of benzene rings is 1. The van der Waals surface area contributed by atoms with Crippen LogP contribution in [0.5, 0.6) is 0 Å². The Morgan fingerprint density at radius 2 is 2.15 bits per heavy atom. The van der Waals surface area contributed by atoms with Crippen molar-refractivity contribution in [3.05, 3.63) is 39.2 Å². The number of hydrogen-bond donors (Lipinski definition) is 1. The molecule has 1 aliphatic heterocycles. The third kappa shape index (κ3) is 3.47. The lowest BCUT2D eigenvalue weighted by Crippen LogP contribution is -2.30. The zero-order valence-corrected chi connectivity index (χ0v) is 13.4. The van der Waals surface area contributed by atoms with Crippen LogP contribution in [0, 0.1) is 0 Å². The molecule has 1 heterocycles. The zero-order chi connectivity index (χ0) is 14.7. The van der Waals surface area contributed by atoms with Gasteiger partial charge < -0.3 is 5.11 Å². The number of thiocarbonyl (C=S) groups is 1. The summed E-state index contributed by atoms with van der Waals surface area (Å²) in [6.45, 7) is 0.104. The molecule has 1 fully saturated rings. The molecule has 0 radical (unpaired) electrons. The van der Waals surface area contributed by atoms with E-state index in [1.807, 2.05) is 24.3 Å². The molecule has 0 atom stereocenters. The smallest absolute Gasteiger partial charge is 0.305 e. The molecule has 1 aromatic carbocycles. The van der Waals surface area contributed by atoms with Crippen LogP contribution in [-0.4, -0.2) is 32.7 Å². The van der Waals surface area contributed by atoms with Crippen molar-refractivity contribution < 1.29 is 14.7 Å². The third-order valence-electron chi connectivity index (χ3n) is 2.61. The second-order valence-corrected chi connectivity index (χ2v) is 6.53. The SMILES string of the molecule is O=C(O)CCN1C(=O)/C(=C\c2ccccc2Br)SC1=S. The van der Waals surface area contributed by atoms with E-state index in [4.69, 9.17) is 17.3 Å². The number of carboxylic acid groups (broad SMARTS) is 1. The average Bonchev–Trinajstić information content (AvgIpc) is 2.65. The minimum atomic E-state index is -0.950. The second kappa shape index (κ2) is 6.51. The molecule has 20 heavy (non-hydrogen) atoms. The highest BCUT2D eigenvalue weighted by Crippen LogP contribution is 2.33. The molecule has 0 spiro atoms. The Labute approximate surface area is 134 Å². The van der Waals surface area contributed by atoms with Crippen molar-refractivity contribution in [1.29, 1.82) is 0 Å². The summed E-state index contributed by atoms with van der Waals surface area (Å²) in [7, 11) is 0. The van der Waals surface area contributed by atoms with Gasteiger partial charge in [0.25, 0.3) is 5.91 Å². The number of rotatable bonds is 4. The molecular weight excluding hydrogens is 362 g/mol. The number of carbonyl (C=O) groups is 2. The Morgan fingerprint density at radius 1 is 1.45 bits per heavy atom. The fraction of sp³-hybridized carbons (Fsp3) is 0.154. The summed E-state index contributed by atoms with van der Waals surface area (Å²) in [6, 6.07) is 7.53.